The first kappa shape index (κ1) is 15.0. The average Bonchev–Trinajstić information content (AvgIpc) is 3.03. The molecule has 1 amide bonds. The minimum atomic E-state index is -0.248. The first-order valence-corrected chi connectivity index (χ1v) is 7.76. The van der Waals surface area contributed by atoms with Gasteiger partial charge in [-0.3, -0.25) is 9.78 Å². The molecule has 0 saturated carbocycles. The number of carbonyl (C=O) groups is 1. The number of benzene rings is 1. The lowest BCUT2D eigenvalue weighted by atomic mass is 10.1. The van der Waals surface area contributed by atoms with Crippen LogP contribution in [0.25, 0.3) is 22.4 Å². The molecule has 0 atom stereocenters. The third-order valence-electron chi connectivity index (χ3n) is 3.87. The number of aromatic nitrogens is 3. The highest BCUT2D eigenvalue weighted by molar-refractivity contribution is 6.13. The zero-order valence-electron chi connectivity index (χ0n) is 13.4. The van der Waals surface area contributed by atoms with Gasteiger partial charge < -0.3 is 9.84 Å². The van der Waals surface area contributed by atoms with Gasteiger partial charge in [-0.05, 0) is 25.1 Å². The molecule has 1 N–H and O–H groups in total. The van der Waals surface area contributed by atoms with Gasteiger partial charge in [0.15, 0.2) is 0 Å². The van der Waals surface area contributed by atoms with Crippen LogP contribution in [0.2, 0.25) is 0 Å². The van der Waals surface area contributed by atoms with Crippen molar-refractivity contribution in [2.24, 2.45) is 0 Å². The predicted octanol–water partition coefficient (Wildman–Crippen LogP) is 3.85. The number of pyridine rings is 2. The molecule has 1 aromatic carbocycles. The van der Waals surface area contributed by atoms with Gasteiger partial charge in [-0.1, -0.05) is 35.5 Å². The van der Waals surface area contributed by atoms with Crippen molar-refractivity contribution in [2.75, 3.05) is 5.32 Å². The molecule has 0 spiro atoms. The van der Waals surface area contributed by atoms with Crippen LogP contribution in [-0.4, -0.2) is 21.0 Å². The highest BCUT2D eigenvalue weighted by atomic mass is 16.5. The zero-order valence-corrected chi connectivity index (χ0v) is 13.4. The Bertz CT molecular complexity index is 1040. The normalized spacial score (nSPS) is 10.8. The Labute approximate surface area is 143 Å². The summed E-state index contributed by atoms with van der Waals surface area (Å²) >= 11 is 0. The molecule has 0 fully saturated rings. The van der Waals surface area contributed by atoms with Crippen molar-refractivity contribution in [3.63, 3.8) is 0 Å². The van der Waals surface area contributed by atoms with E-state index in [1.54, 1.807) is 37.5 Å². The van der Waals surface area contributed by atoms with Gasteiger partial charge in [-0.25, -0.2) is 4.98 Å². The molecule has 6 heteroatoms. The SMILES string of the molecule is Cc1noc2nc(-c3ccccc3)cc(C(=O)Nc3ccncc3)c12. The summed E-state index contributed by atoms with van der Waals surface area (Å²) < 4.78 is 5.30. The largest absolute Gasteiger partial charge is 0.335 e. The second-order valence-electron chi connectivity index (χ2n) is 5.56. The zero-order chi connectivity index (χ0) is 17.2. The Morgan fingerprint density at radius 3 is 2.60 bits per heavy atom. The minimum absolute atomic E-state index is 0.248. The van der Waals surface area contributed by atoms with E-state index >= 15 is 0 Å². The molecule has 4 rings (SSSR count). The molecular weight excluding hydrogens is 316 g/mol. The Morgan fingerprint density at radius 2 is 1.84 bits per heavy atom. The Balaban J connectivity index is 1.83. The van der Waals surface area contributed by atoms with Gasteiger partial charge in [0, 0.05) is 23.6 Å². The lowest BCUT2D eigenvalue weighted by Crippen LogP contribution is -2.13. The number of fused-ring (bicyclic) bond motifs is 1. The van der Waals surface area contributed by atoms with Gasteiger partial charge in [-0.2, -0.15) is 0 Å². The topological polar surface area (TPSA) is 80.9 Å². The fourth-order valence-corrected chi connectivity index (χ4v) is 2.66. The molecule has 6 nitrogen and oxygen atoms in total. The first-order chi connectivity index (χ1) is 12.2. The molecule has 0 radical (unpaired) electrons. The van der Waals surface area contributed by atoms with Gasteiger partial charge >= 0.3 is 0 Å². The standard InChI is InChI=1S/C19H14N4O2/c1-12-17-15(18(24)21-14-7-9-20-10-8-14)11-16(22-19(17)25-23-12)13-5-3-2-4-6-13/h2-11H,1H3,(H,20,21,24). The molecule has 0 aliphatic carbocycles. The number of amides is 1. The molecule has 3 aromatic heterocycles. The third-order valence-corrected chi connectivity index (χ3v) is 3.87. The number of hydrogen-bond donors (Lipinski definition) is 1. The Hall–Kier alpha value is -3.54. The van der Waals surface area contributed by atoms with E-state index in [0.29, 0.717) is 33.7 Å². The van der Waals surface area contributed by atoms with Gasteiger partial charge in [0.2, 0.25) is 0 Å². The smallest absolute Gasteiger partial charge is 0.259 e. The van der Waals surface area contributed by atoms with Gasteiger partial charge in [-0.15, -0.1) is 0 Å². The molecule has 0 aliphatic rings. The summed E-state index contributed by atoms with van der Waals surface area (Å²) in [5.74, 6) is -0.248. The monoisotopic (exact) mass is 330 g/mol. The quantitative estimate of drug-likeness (QED) is 0.617. The maximum atomic E-state index is 12.8. The number of anilines is 1. The van der Waals surface area contributed by atoms with Crippen molar-refractivity contribution in [1.82, 2.24) is 15.1 Å². The number of nitrogens with zero attached hydrogens (tertiary/aromatic N) is 3. The predicted molar refractivity (Wildman–Crippen MR) is 94.2 cm³/mol. The van der Waals surface area contributed by atoms with E-state index in [9.17, 15) is 4.79 Å². The van der Waals surface area contributed by atoms with E-state index in [4.69, 9.17) is 4.52 Å². The average molecular weight is 330 g/mol. The summed E-state index contributed by atoms with van der Waals surface area (Å²) in [5, 5.41) is 7.44. The van der Waals surface area contributed by atoms with E-state index < -0.39 is 0 Å². The highest BCUT2D eigenvalue weighted by Crippen LogP contribution is 2.27. The maximum absolute atomic E-state index is 12.8. The van der Waals surface area contributed by atoms with Crippen LogP contribution in [0.15, 0.2) is 65.4 Å². The number of carbonyl (C=O) groups excluding carboxylic acids is 1. The lowest BCUT2D eigenvalue weighted by Gasteiger charge is -2.08. The van der Waals surface area contributed by atoms with Crippen molar-refractivity contribution < 1.29 is 9.32 Å². The molecule has 0 bridgehead atoms. The maximum Gasteiger partial charge on any atom is 0.259 e. The molecule has 25 heavy (non-hydrogen) atoms. The van der Waals surface area contributed by atoms with Crippen molar-refractivity contribution in [1.29, 1.82) is 0 Å². The lowest BCUT2D eigenvalue weighted by molar-refractivity contribution is 0.102. The summed E-state index contributed by atoms with van der Waals surface area (Å²) in [6.07, 6.45) is 3.25. The fraction of sp³-hybridized carbons (Fsp3) is 0.0526. The highest BCUT2D eigenvalue weighted by Gasteiger charge is 2.19. The van der Waals surface area contributed by atoms with Crippen LogP contribution in [0.1, 0.15) is 16.1 Å². The Kier molecular flexibility index (Phi) is 3.70. The van der Waals surface area contributed by atoms with Gasteiger partial charge in [0.25, 0.3) is 11.6 Å². The second-order valence-corrected chi connectivity index (χ2v) is 5.56. The summed E-state index contributed by atoms with van der Waals surface area (Å²) in [4.78, 5) is 21.3. The number of nitrogens with one attached hydrogen (secondary N) is 1. The first-order valence-electron chi connectivity index (χ1n) is 7.76. The summed E-state index contributed by atoms with van der Waals surface area (Å²) in [5.41, 5.74) is 3.67. The van der Waals surface area contributed by atoms with Crippen LogP contribution >= 0.6 is 0 Å². The molecular formula is C19H14N4O2. The van der Waals surface area contributed by atoms with Gasteiger partial charge in [0.1, 0.15) is 0 Å². The van der Waals surface area contributed by atoms with Crippen molar-refractivity contribution in [3.8, 4) is 11.3 Å². The summed E-state index contributed by atoms with van der Waals surface area (Å²) in [6.45, 7) is 1.79. The molecule has 122 valence electrons. The minimum Gasteiger partial charge on any atom is -0.335 e. The van der Waals surface area contributed by atoms with Crippen molar-refractivity contribution in [2.45, 2.75) is 6.92 Å². The number of rotatable bonds is 3. The molecule has 0 unspecified atom stereocenters. The van der Waals surface area contributed by atoms with E-state index in [-0.39, 0.29) is 5.91 Å². The van der Waals surface area contributed by atoms with Gasteiger partial charge in [0.05, 0.1) is 22.3 Å². The third kappa shape index (κ3) is 2.85. The van der Waals surface area contributed by atoms with E-state index in [2.05, 4.69) is 20.4 Å². The van der Waals surface area contributed by atoms with Crippen LogP contribution in [0.4, 0.5) is 5.69 Å². The van der Waals surface area contributed by atoms with Crippen LogP contribution in [-0.2, 0) is 0 Å². The molecule has 4 aromatic rings. The van der Waals surface area contributed by atoms with E-state index in [0.717, 1.165) is 5.56 Å². The van der Waals surface area contributed by atoms with Crippen molar-refractivity contribution >= 4 is 22.7 Å². The van der Waals surface area contributed by atoms with E-state index in [1.807, 2.05) is 30.3 Å². The number of aryl methyl sites for hydroxylation is 1. The number of hydrogen-bond acceptors (Lipinski definition) is 5. The second kappa shape index (κ2) is 6.16. The molecule has 0 saturated heterocycles. The van der Waals surface area contributed by atoms with Crippen LogP contribution in [0.3, 0.4) is 0 Å². The van der Waals surface area contributed by atoms with Crippen molar-refractivity contribution in [3.05, 3.63) is 72.2 Å². The summed E-state index contributed by atoms with van der Waals surface area (Å²) in [6, 6.07) is 14.9. The fourth-order valence-electron chi connectivity index (χ4n) is 2.66. The molecule has 0 aliphatic heterocycles. The Morgan fingerprint density at radius 1 is 1.08 bits per heavy atom. The summed E-state index contributed by atoms with van der Waals surface area (Å²) in [7, 11) is 0. The molecule has 3 heterocycles. The van der Waals surface area contributed by atoms with E-state index in [1.165, 1.54) is 0 Å². The van der Waals surface area contributed by atoms with Crippen LogP contribution in [0.5, 0.6) is 0 Å². The van der Waals surface area contributed by atoms with Crippen LogP contribution in [0, 0.1) is 6.92 Å². The van der Waals surface area contributed by atoms with Crippen LogP contribution < -0.4 is 5.32 Å².